The zero-order valence-electron chi connectivity index (χ0n) is 18.3. The summed E-state index contributed by atoms with van der Waals surface area (Å²) in [6, 6.07) is 29.8. The predicted molar refractivity (Wildman–Crippen MR) is 122 cm³/mol. The van der Waals surface area contributed by atoms with Gasteiger partial charge in [0.2, 0.25) is 0 Å². The van der Waals surface area contributed by atoms with Gasteiger partial charge in [0.15, 0.2) is 0 Å². The van der Waals surface area contributed by atoms with Crippen molar-refractivity contribution in [2.45, 2.75) is 40.5 Å². The second kappa shape index (κ2) is 15.5. The van der Waals surface area contributed by atoms with E-state index < -0.39 is 0 Å². The molecule has 0 radical (unpaired) electrons. The van der Waals surface area contributed by atoms with Gasteiger partial charge >= 0.3 is 54.1 Å². The van der Waals surface area contributed by atoms with Crippen LogP contribution in [0.25, 0.3) is 21.9 Å². The number of hydrogen-bond donors (Lipinski definition) is 0. The molecule has 0 nitrogen and oxygen atoms in total. The molecule has 0 saturated carbocycles. The van der Waals surface area contributed by atoms with Crippen LogP contribution >= 0.6 is 0 Å². The van der Waals surface area contributed by atoms with Gasteiger partial charge in [0.25, 0.3) is 0 Å². The average molecular weight is 517 g/mol. The molecule has 0 aliphatic heterocycles. The molecular formula is C27H30Cl2Zr-2. The molecule has 0 unspecified atom stereocenters. The third kappa shape index (κ3) is 9.69. The van der Waals surface area contributed by atoms with E-state index in [1.165, 1.54) is 45.9 Å². The minimum atomic E-state index is 0. The summed E-state index contributed by atoms with van der Waals surface area (Å²) in [5.41, 5.74) is 5.28. The first-order valence-electron chi connectivity index (χ1n) is 10.0. The largest absolute Gasteiger partial charge is 1.00 e. The maximum absolute atomic E-state index is 2.27. The van der Waals surface area contributed by atoms with Crippen LogP contribution in [-0.2, 0) is 24.2 Å². The first kappa shape index (κ1) is 28.7. The van der Waals surface area contributed by atoms with Gasteiger partial charge in [0.05, 0.1) is 0 Å². The van der Waals surface area contributed by atoms with Gasteiger partial charge < -0.3 is 24.8 Å². The van der Waals surface area contributed by atoms with E-state index >= 15 is 0 Å². The van der Waals surface area contributed by atoms with Crippen LogP contribution in [0.15, 0.2) is 84.9 Å². The molecule has 4 aromatic carbocycles. The standard InChI is InChI=1S/C17H15.C5H5.C5H10.2ClH.Zr/c1-12-7-13(2)9-16(8-12)17-10-14-5-3-4-6-15(14)11-17;1-2-4-5-3-1;1-3-5-4-2;;;/h3-11H,1-2H3;1-5H;3-4H2,1-2H3;2*1H;/q2*-1;;;;+2/p-2. The molecule has 0 bridgehead atoms. The Kier molecular flexibility index (Phi) is 14.9. The molecule has 30 heavy (non-hydrogen) atoms. The summed E-state index contributed by atoms with van der Waals surface area (Å²) in [7, 11) is 0. The smallest absolute Gasteiger partial charge is 0.0404 e. The number of aryl methyl sites for hydroxylation is 2. The normalized spacial score (nSPS) is 9.27. The monoisotopic (exact) mass is 514 g/mol. The van der Waals surface area contributed by atoms with E-state index in [-0.39, 0.29) is 24.8 Å². The van der Waals surface area contributed by atoms with Crippen LogP contribution in [0.3, 0.4) is 0 Å². The first-order valence-corrected chi connectivity index (χ1v) is 11.2. The van der Waals surface area contributed by atoms with Crippen LogP contribution in [0.4, 0.5) is 0 Å². The zero-order valence-corrected chi connectivity index (χ0v) is 22.2. The van der Waals surface area contributed by atoms with Crippen molar-refractivity contribution in [2.75, 3.05) is 0 Å². The zero-order chi connectivity index (χ0) is 20.4. The molecule has 0 aliphatic rings. The number of rotatable bonds is 3. The number of halogens is 2. The van der Waals surface area contributed by atoms with E-state index in [2.05, 4.69) is 82.3 Å². The molecule has 0 spiro atoms. The van der Waals surface area contributed by atoms with Crippen LogP contribution in [-0.4, -0.2) is 3.21 Å². The Hall–Kier alpha value is -1.27. The van der Waals surface area contributed by atoms with E-state index in [0.717, 1.165) is 0 Å². The fourth-order valence-corrected chi connectivity index (χ4v) is 3.03. The van der Waals surface area contributed by atoms with Gasteiger partial charge in [-0.1, -0.05) is 53.1 Å². The van der Waals surface area contributed by atoms with Crippen LogP contribution in [0, 0.1) is 13.8 Å². The fraction of sp³-hybridized carbons (Fsp3) is 0.222. The Morgan fingerprint density at radius 1 is 0.800 bits per heavy atom. The Balaban J connectivity index is 0.000000542. The van der Waals surface area contributed by atoms with E-state index in [1.807, 2.05) is 30.3 Å². The van der Waals surface area contributed by atoms with E-state index in [4.69, 9.17) is 0 Å². The van der Waals surface area contributed by atoms with Gasteiger partial charge in [-0.2, -0.15) is 18.2 Å². The van der Waals surface area contributed by atoms with E-state index in [1.54, 1.807) is 27.4 Å². The minimum absolute atomic E-state index is 0. The summed E-state index contributed by atoms with van der Waals surface area (Å²) >= 11 is 1.62. The predicted octanol–water partition coefficient (Wildman–Crippen LogP) is 1.78. The molecule has 3 heteroatoms. The van der Waals surface area contributed by atoms with Gasteiger partial charge in [-0.15, -0.1) is 34.5 Å². The summed E-state index contributed by atoms with van der Waals surface area (Å²) in [5.74, 6) is 0. The van der Waals surface area contributed by atoms with Crippen molar-refractivity contribution in [1.29, 1.82) is 0 Å². The van der Waals surface area contributed by atoms with Crippen molar-refractivity contribution in [2.24, 2.45) is 0 Å². The van der Waals surface area contributed by atoms with Crippen LogP contribution in [0.2, 0.25) is 0 Å². The Bertz CT molecular complexity index is 905. The van der Waals surface area contributed by atoms with Crippen LogP contribution < -0.4 is 24.8 Å². The third-order valence-electron chi connectivity index (χ3n) is 4.58. The summed E-state index contributed by atoms with van der Waals surface area (Å²) in [4.78, 5) is 0. The summed E-state index contributed by atoms with van der Waals surface area (Å²) in [5, 5.41) is 2.64. The van der Waals surface area contributed by atoms with Crippen molar-refractivity contribution in [3.05, 3.63) is 96.1 Å². The van der Waals surface area contributed by atoms with Crippen molar-refractivity contribution in [3.63, 3.8) is 0 Å². The first-order chi connectivity index (χ1) is 13.5. The van der Waals surface area contributed by atoms with E-state index in [9.17, 15) is 0 Å². The topological polar surface area (TPSA) is 0 Å². The van der Waals surface area contributed by atoms with Gasteiger partial charge in [-0.3, -0.25) is 0 Å². The summed E-state index contributed by atoms with van der Waals surface area (Å²) < 4.78 is 1.68. The van der Waals surface area contributed by atoms with Crippen molar-refractivity contribution < 1.29 is 49.0 Å². The second-order valence-electron chi connectivity index (χ2n) is 7.02. The van der Waals surface area contributed by atoms with Crippen molar-refractivity contribution in [1.82, 2.24) is 0 Å². The minimum Gasteiger partial charge on any atom is -1.00 e. The SMILES string of the molecule is CC[C](=[Zr+2])CC.Cc1cc(C)cc(-c2cc3ccccc3[cH-]2)c1.[Cl-].[Cl-].c1cc[cH-]c1. The maximum atomic E-state index is 2.27. The molecule has 0 fully saturated rings. The molecule has 0 N–H and O–H groups in total. The fourth-order valence-electron chi connectivity index (χ4n) is 3.03. The molecular weight excluding hydrogens is 486 g/mol. The van der Waals surface area contributed by atoms with Gasteiger partial charge in [-0.25, -0.2) is 12.1 Å². The quantitative estimate of drug-likeness (QED) is 0.365. The molecule has 4 rings (SSSR count). The molecule has 0 aliphatic carbocycles. The van der Waals surface area contributed by atoms with Crippen LogP contribution in [0.1, 0.15) is 37.8 Å². The number of hydrogen-bond acceptors (Lipinski definition) is 0. The van der Waals surface area contributed by atoms with Gasteiger partial charge in [0.1, 0.15) is 0 Å². The molecule has 0 heterocycles. The van der Waals surface area contributed by atoms with Gasteiger partial charge in [0, 0.05) is 0 Å². The average Bonchev–Trinajstić information content (AvgIpc) is 3.39. The van der Waals surface area contributed by atoms with Crippen molar-refractivity contribution in [3.8, 4) is 11.1 Å². The van der Waals surface area contributed by atoms with Crippen molar-refractivity contribution >= 4 is 14.0 Å². The van der Waals surface area contributed by atoms with E-state index in [0.29, 0.717) is 0 Å². The molecule has 0 atom stereocenters. The molecule has 0 aromatic heterocycles. The Morgan fingerprint density at radius 2 is 1.37 bits per heavy atom. The molecule has 158 valence electrons. The number of fused-ring (bicyclic) bond motifs is 1. The maximum Gasteiger partial charge on any atom is -0.0404 e. The van der Waals surface area contributed by atoms with Gasteiger partial charge in [-0.05, 0) is 13.8 Å². The van der Waals surface area contributed by atoms with Crippen LogP contribution in [0.5, 0.6) is 0 Å². The molecule has 0 saturated heterocycles. The summed E-state index contributed by atoms with van der Waals surface area (Å²) in [6.45, 7) is 8.74. The molecule has 0 amide bonds. The second-order valence-corrected chi connectivity index (χ2v) is 8.76. The Morgan fingerprint density at radius 3 is 1.80 bits per heavy atom. The molecule has 4 aromatic rings. The third-order valence-corrected chi connectivity index (χ3v) is 6.32. The summed E-state index contributed by atoms with van der Waals surface area (Å²) in [6.07, 6.45) is 2.57. The number of benzene rings is 2. The Labute approximate surface area is 209 Å².